The summed E-state index contributed by atoms with van der Waals surface area (Å²) in [4.78, 5) is 3.62. The van der Waals surface area contributed by atoms with E-state index in [-0.39, 0.29) is 10.5 Å². The van der Waals surface area contributed by atoms with E-state index in [9.17, 15) is 21.6 Å². The summed E-state index contributed by atoms with van der Waals surface area (Å²) in [5, 5.41) is 0. The van der Waals surface area contributed by atoms with Gasteiger partial charge < -0.3 is 4.42 Å². The molecule has 120 valence electrons. The number of nitrogens with one attached hydrogen (secondary N) is 1. The first-order valence-corrected chi connectivity index (χ1v) is 7.78. The Morgan fingerprint density at radius 1 is 1.09 bits per heavy atom. The van der Waals surface area contributed by atoms with E-state index in [1.54, 1.807) is 0 Å². The van der Waals surface area contributed by atoms with Gasteiger partial charge in [-0.1, -0.05) is 12.1 Å². The van der Waals surface area contributed by atoms with E-state index in [1.807, 2.05) is 4.72 Å². The quantitative estimate of drug-likeness (QED) is 0.789. The largest absolute Gasteiger partial charge is 0.443 e. The van der Waals surface area contributed by atoms with Crippen LogP contribution in [0.2, 0.25) is 0 Å². The molecular weight excluding hydrogens is 333 g/mol. The second-order valence-electron chi connectivity index (χ2n) is 4.63. The molecule has 0 atom stereocenters. The fourth-order valence-electron chi connectivity index (χ4n) is 2.03. The third kappa shape index (κ3) is 3.00. The number of rotatable bonds is 3. The van der Waals surface area contributed by atoms with Crippen molar-refractivity contribution in [2.45, 2.75) is 11.1 Å². The van der Waals surface area contributed by atoms with Crippen LogP contribution in [-0.4, -0.2) is 13.4 Å². The van der Waals surface area contributed by atoms with Crippen molar-refractivity contribution in [1.29, 1.82) is 0 Å². The number of alkyl halides is 3. The van der Waals surface area contributed by atoms with E-state index in [4.69, 9.17) is 4.42 Å². The molecule has 0 radical (unpaired) electrons. The van der Waals surface area contributed by atoms with Crippen LogP contribution >= 0.6 is 0 Å². The summed E-state index contributed by atoms with van der Waals surface area (Å²) in [6.07, 6.45) is -3.53. The first-order chi connectivity index (χ1) is 10.8. The van der Waals surface area contributed by atoms with Crippen LogP contribution < -0.4 is 4.72 Å². The molecule has 0 saturated heterocycles. The maximum atomic E-state index is 12.9. The van der Waals surface area contributed by atoms with E-state index >= 15 is 0 Å². The van der Waals surface area contributed by atoms with Crippen molar-refractivity contribution < 1.29 is 26.0 Å². The van der Waals surface area contributed by atoms with Crippen molar-refractivity contribution >= 4 is 26.8 Å². The van der Waals surface area contributed by atoms with Gasteiger partial charge in [-0.2, -0.15) is 13.2 Å². The highest BCUT2D eigenvalue weighted by Gasteiger charge is 2.34. The Balaban J connectivity index is 2.02. The molecule has 0 bridgehead atoms. The molecule has 1 heterocycles. The van der Waals surface area contributed by atoms with E-state index < -0.39 is 27.5 Å². The molecule has 1 aromatic heterocycles. The molecule has 9 heteroatoms. The summed E-state index contributed by atoms with van der Waals surface area (Å²) >= 11 is 0. The number of fused-ring (bicyclic) bond motifs is 1. The number of nitrogens with zero attached hydrogens (tertiary/aromatic N) is 1. The summed E-state index contributed by atoms with van der Waals surface area (Å²) in [7, 11) is -4.20. The number of anilines is 1. The van der Waals surface area contributed by atoms with Crippen molar-refractivity contribution in [1.82, 2.24) is 4.98 Å². The molecule has 0 aliphatic heterocycles. The molecule has 0 spiro atoms. The van der Waals surface area contributed by atoms with Crippen molar-refractivity contribution in [3.05, 3.63) is 54.4 Å². The molecule has 0 saturated carbocycles. The lowest BCUT2D eigenvalue weighted by molar-refractivity contribution is -0.136. The fourth-order valence-corrected chi connectivity index (χ4v) is 3.12. The molecule has 0 fully saturated rings. The monoisotopic (exact) mass is 342 g/mol. The third-order valence-electron chi connectivity index (χ3n) is 3.09. The van der Waals surface area contributed by atoms with Gasteiger partial charge in [-0.3, -0.25) is 4.72 Å². The molecule has 3 rings (SSSR count). The number of hydrogen-bond acceptors (Lipinski definition) is 4. The summed E-state index contributed by atoms with van der Waals surface area (Å²) in [5.74, 6) is 0. The zero-order valence-electron chi connectivity index (χ0n) is 11.3. The van der Waals surface area contributed by atoms with Crippen LogP contribution in [0, 0.1) is 0 Å². The number of hydrogen-bond donors (Lipinski definition) is 1. The van der Waals surface area contributed by atoms with E-state index in [0.717, 1.165) is 18.5 Å². The molecule has 0 aliphatic carbocycles. The number of para-hydroxylation sites is 1. The molecule has 1 N–H and O–H groups in total. The van der Waals surface area contributed by atoms with Gasteiger partial charge in [0.2, 0.25) is 0 Å². The first-order valence-electron chi connectivity index (χ1n) is 6.30. The van der Waals surface area contributed by atoms with Gasteiger partial charge in [0, 0.05) is 6.07 Å². The Labute approximate surface area is 128 Å². The van der Waals surface area contributed by atoms with Gasteiger partial charge in [-0.05, 0) is 24.3 Å². The number of aromatic nitrogens is 1. The topological polar surface area (TPSA) is 72.2 Å². The summed E-state index contributed by atoms with van der Waals surface area (Å²) in [6.45, 7) is 0. The lowest BCUT2D eigenvalue weighted by Gasteiger charge is -2.14. The highest BCUT2D eigenvalue weighted by molar-refractivity contribution is 7.92. The molecule has 3 aromatic rings. The van der Waals surface area contributed by atoms with Crippen molar-refractivity contribution in [2.24, 2.45) is 0 Å². The number of oxazole rings is 1. The van der Waals surface area contributed by atoms with Crippen LogP contribution in [0.25, 0.3) is 11.1 Å². The predicted octanol–water partition coefficient (Wildman–Crippen LogP) is 3.65. The van der Waals surface area contributed by atoms with Crippen LogP contribution in [0.4, 0.5) is 18.9 Å². The zero-order chi connectivity index (χ0) is 16.7. The second-order valence-corrected chi connectivity index (χ2v) is 6.31. The summed E-state index contributed by atoms with van der Waals surface area (Å²) < 4.78 is 70.4. The minimum atomic E-state index is -4.67. The Morgan fingerprint density at radius 3 is 2.57 bits per heavy atom. The van der Waals surface area contributed by atoms with Gasteiger partial charge in [0.05, 0.1) is 16.1 Å². The van der Waals surface area contributed by atoms with E-state index in [0.29, 0.717) is 5.52 Å². The lowest BCUT2D eigenvalue weighted by atomic mass is 10.2. The maximum absolute atomic E-state index is 12.9. The fraction of sp³-hybridized carbons (Fsp3) is 0.0714. The molecule has 0 unspecified atom stereocenters. The van der Waals surface area contributed by atoms with Crippen LogP contribution in [0.3, 0.4) is 0 Å². The Hall–Kier alpha value is -2.55. The SMILES string of the molecule is O=S(=O)(Nc1ccccc1C(F)(F)F)c1ccc2ncoc2c1. The highest BCUT2D eigenvalue weighted by atomic mass is 32.2. The Kier molecular flexibility index (Phi) is 3.52. The van der Waals surface area contributed by atoms with E-state index in [1.165, 1.54) is 30.3 Å². The normalized spacial score (nSPS) is 12.5. The van der Waals surface area contributed by atoms with Gasteiger partial charge in [0.1, 0.15) is 5.52 Å². The molecule has 0 aliphatic rings. The van der Waals surface area contributed by atoms with Crippen LogP contribution in [0.15, 0.2) is 58.2 Å². The molecular formula is C14H9F3N2O3S. The molecule has 0 amide bonds. The Bertz CT molecular complexity index is 965. The number of benzene rings is 2. The zero-order valence-corrected chi connectivity index (χ0v) is 12.1. The summed E-state index contributed by atoms with van der Waals surface area (Å²) in [5.41, 5.74) is -0.946. The Morgan fingerprint density at radius 2 is 1.83 bits per heavy atom. The standard InChI is InChI=1S/C14H9F3N2O3S/c15-14(16,17)10-3-1-2-4-11(10)19-23(20,21)9-5-6-12-13(7-9)22-8-18-12/h1-8,19H. The minimum Gasteiger partial charge on any atom is -0.443 e. The van der Waals surface area contributed by atoms with Crippen molar-refractivity contribution in [3.8, 4) is 0 Å². The van der Waals surface area contributed by atoms with Crippen LogP contribution in [0.1, 0.15) is 5.56 Å². The van der Waals surface area contributed by atoms with Crippen molar-refractivity contribution in [3.63, 3.8) is 0 Å². The summed E-state index contributed by atoms with van der Waals surface area (Å²) in [6, 6.07) is 8.19. The van der Waals surface area contributed by atoms with E-state index in [2.05, 4.69) is 4.98 Å². The van der Waals surface area contributed by atoms with Gasteiger partial charge in [0.15, 0.2) is 12.0 Å². The smallest absolute Gasteiger partial charge is 0.418 e. The molecule has 23 heavy (non-hydrogen) atoms. The van der Waals surface area contributed by atoms with Gasteiger partial charge >= 0.3 is 6.18 Å². The van der Waals surface area contributed by atoms with Crippen molar-refractivity contribution in [2.75, 3.05) is 4.72 Å². The minimum absolute atomic E-state index is 0.219. The molecule has 5 nitrogen and oxygen atoms in total. The van der Waals surface area contributed by atoms with Crippen LogP contribution in [-0.2, 0) is 16.2 Å². The highest BCUT2D eigenvalue weighted by Crippen LogP contribution is 2.35. The number of halogens is 3. The van der Waals surface area contributed by atoms with Gasteiger partial charge in [0.25, 0.3) is 10.0 Å². The van der Waals surface area contributed by atoms with Gasteiger partial charge in [-0.15, -0.1) is 0 Å². The second kappa shape index (κ2) is 5.27. The van der Waals surface area contributed by atoms with Gasteiger partial charge in [-0.25, -0.2) is 13.4 Å². The predicted molar refractivity (Wildman–Crippen MR) is 76.3 cm³/mol. The lowest BCUT2D eigenvalue weighted by Crippen LogP contribution is -2.17. The average molecular weight is 342 g/mol. The number of sulfonamides is 1. The third-order valence-corrected chi connectivity index (χ3v) is 4.45. The average Bonchev–Trinajstić information content (AvgIpc) is 2.93. The first kappa shape index (κ1) is 15.3. The maximum Gasteiger partial charge on any atom is 0.418 e. The van der Waals surface area contributed by atoms with Crippen LogP contribution in [0.5, 0.6) is 0 Å². The molecule has 2 aromatic carbocycles.